The molecular weight excluding hydrogens is 254 g/mol. The van der Waals surface area contributed by atoms with Crippen LogP contribution in [0.15, 0.2) is 47.6 Å². The standard InChI is InChI=1S/C13H12ClNOS/c14-12-2-1-7-15-13(12)17-9-11-5-3-10(8-16)4-6-11/h1-7,16H,8-9H2. The Bertz CT molecular complexity index is 487. The zero-order valence-electron chi connectivity index (χ0n) is 9.14. The molecule has 0 atom stereocenters. The predicted octanol–water partition coefficient (Wildman–Crippen LogP) is 3.52. The fourth-order valence-corrected chi connectivity index (χ4v) is 2.49. The van der Waals surface area contributed by atoms with Crippen LogP contribution < -0.4 is 0 Å². The SMILES string of the molecule is OCc1ccc(CSc2ncccc2Cl)cc1. The first-order chi connectivity index (χ1) is 8.29. The first-order valence-corrected chi connectivity index (χ1v) is 6.58. The number of aromatic nitrogens is 1. The molecule has 1 aromatic carbocycles. The summed E-state index contributed by atoms with van der Waals surface area (Å²) in [6, 6.07) is 11.5. The lowest BCUT2D eigenvalue weighted by atomic mass is 10.2. The molecule has 0 aliphatic rings. The van der Waals surface area contributed by atoms with Crippen molar-refractivity contribution in [3.05, 3.63) is 58.7 Å². The van der Waals surface area contributed by atoms with E-state index in [1.807, 2.05) is 36.4 Å². The van der Waals surface area contributed by atoms with Gasteiger partial charge in [0, 0.05) is 11.9 Å². The van der Waals surface area contributed by atoms with Crippen molar-refractivity contribution in [2.45, 2.75) is 17.4 Å². The average molecular weight is 266 g/mol. The molecule has 4 heteroatoms. The molecule has 0 aliphatic heterocycles. The fourth-order valence-electron chi connectivity index (χ4n) is 1.37. The Morgan fingerprint density at radius 1 is 1.12 bits per heavy atom. The molecule has 0 spiro atoms. The molecule has 1 N–H and O–H groups in total. The van der Waals surface area contributed by atoms with Crippen molar-refractivity contribution in [3.63, 3.8) is 0 Å². The molecule has 0 radical (unpaired) electrons. The summed E-state index contributed by atoms with van der Waals surface area (Å²) in [6.07, 6.45) is 1.74. The molecule has 88 valence electrons. The minimum Gasteiger partial charge on any atom is -0.392 e. The molecular formula is C13H12ClNOS. The average Bonchev–Trinajstić information content (AvgIpc) is 2.38. The van der Waals surface area contributed by atoms with Crippen molar-refractivity contribution in [2.24, 2.45) is 0 Å². The zero-order valence-corrected chi connectivity index (χ0v) is 10.7. The lowest BCUT2D eigenvalue weighted by molar-refractivity contribution is 0.282. The molecule has 0 fully saturated rings. The number of rotatable bonds is 4. The molecule has 2 aromatic rings. The second-order valence-electron chi connectivity index (χ2n) is 3.55. The van der Waals surface area contributed by atoms with E-state index >= 15 is 0 Å². The van der Waals surface area contributed by atoms with Crippen molar-refractivity contribution in [2.75, 3.05) is 0 Å². The van der Waals surface area contributed by atoms with Crippen molar-refractivity contribution in [1.29, 1.82) is 0 Å². The van der Waals surface area contributed by atoms with Crippen LogP contribution in [0.1, 0.15) is 11.1 Å². The molecule has 1 heterocycles. The van der Waals surface area contributed by atoms with Crippen LogP contribution in [0.2, 0.25) is 5.02 Å². The molecule has 0 unspecified atom stereocenters. The lowest BCUT2D eigenvalue weighted by Gasteiger charge is -2.03. The number of aliphatic hydroxyl groups is 1. The molecule has 0 aliphatic carbocycles. The predicted molar refractivity (Wildman–Crippen MR) is 71.2 cm³/mol. The number of aliphatic hydroxyl groups excluding tert-OH is 1. The van der Waals surface area contributed by atoms with Gasteiger partial charge in [-0.1, -0.05) is 35.9 Å². The van der Waals surface area contributed by atoms with Crippen molar-refractivity contribution in [1.82, 2.24) is 4.98 Å². The monoisotopic (exact) mass is 265 g/mol. The highest BCUT2D eigenvalue weighted by Crippen LogP contribution is 2.27. The van der Waals surface area contributed by atoms with Gasteiger partial charge in [-0.25, -0.2) is 4.98 Å². The summed E-state index contributed by atoms with van der Waals surface area (Å²) in [5.74, 6) is 0.822. The van der Waals surface area contributed by atoms with Gasteiger partial charge in [0.25, 0.3) is 0 Å². The number of hydrogen-bond donors (Lipinski definition) is 1. The van der Waals surface area contributed by atoms with Crippen molar-refractivity contribution >= 4 is 23.4 Å². The van der Waals surface area contributed by atoms with Gasteiger partial charge >= 0.3 is 0 Å². The summed E-state index contributed by atoms with van der Waals surface area (Å²) in [6.45, 7) is 0.0828. The maximum Gasteiger partial charge on any atom is 0.115 e. The van der Waals surface area contributed by atoms with Gasteiger partial charge in [-0.3, -0.25) is 0 Å². The highest BCUT2D eigenvalue weighted by molar-refractivity contribution is 7.98. The van der Waals surface area contributed by atoms with E-state index in [0.29, 0.717) is 5.02 Å². The van der Waals surface area contributed by atoms with Crippen molar-refractivity contribution in [3.8, 4) is 0 Å². The Morgan fingerprint density at radius 3 is 2.47 bits per heavy atom. The first-order valence-electron chi connectivity index (χ1n) is 5.21. The Kier molecular flexibility index (Phi) is 4.42. The molecule has 17 heavy (non-hydrogen) atoms. The third-order valence-corrected chi connectivity index (χ3v) is 3.80. The Balaban J connectivity index is 2.00. The summed E-state index contributed by atoms with van der Waals surface area (Å²) in [4.78, 5) is 4.22. The van der Waals surface area contributed by atoms with Crippen LogP contribution in [0.4, 0.5) is 0 Å². The molecule has 0 bridgehead atoms. The van der Waals surface area contributed by atoms with Crippen LogP contribution in [-0.2, 0) is 12.4 Å². The molecule has 0 saturated carbocycles. The van der Waals surface area contributed by atoms with Crippen LogP contribution in [0, 0.1) is 0 Å². The number of benzene rings is 1. The number of pyridine rings is 1. The fraction of sp³-hybridized carbons (Fsp3) is 0.154. The minimum atomic E-state index is 0.0828. The van der Waals surface area contributed by atoms with Crippen molar-refractivity contribution < 1.29 is 5.11 Å². The third kappa shape index (κ3) is 3.46. The number of halogens is 1. The molecule has 0 amide bonds. The highest BCUT2D eigenvalue weighted by atomic mass is 35.5. The summed E-state index contributed by atoms with van der Waals surface area (Å²) in [5, 5.41) is 10.5. The largest absolute Gasteiger partial charge is 0.392 e. The van der Waals surface area contributed by atoms with Gasteiger partial charge in [0.05, 0.1) is 11.6 Å². The topological polar surface area (TPSA) is 33.1 Å². The number of nitrogens with zero attached hydrogens (tertiary/aromatic N) is 1. The maximum absolute atomic E-state index is 8.94. The van der Waals surface area contributed by atoms with Gasteiger partial charge in [0.2, 0.25) is 0 Å². The van der Waals surface area contributed by atoms with Crippen LogP contribution in [0.3, 0.4) is 0 Å². The van der Waals surface area contributed by atoms with E-state index in [1.54, 1.807) is 18.0 Å². The summed E-state index contributed by atoms with van der Waals surface area (Å²) >= 11 is 7.63. The van der Waals surface area contributed by atoms with E-state index in [-0.39, 0.29) is 6.61 Å². The number of hydrogen-bond acceptors (Lipinski definition) is 3. The lowest BCUT2D eigenvalue weighted by Crippen LogP contribution is -1.86. The summed E-state index contributed by atoms with van der Waals surface area (Å²) < 4.78 is 0. The highest BCUT2D eigenvalue weighted by Gasteiger charge is 2.02. The molecule has 2 rings (SSSR count). The minimum absolute atomic E-state index is 0.0828. The van der Waals surface area contributed by atoms with Gasteiger partial charge in [-0.2, -0.15) is 0 Å². The van der Waals surface area contributed by atoms with E-state index < -0.39 is 0 Å². The van der Waals surface area contributed by atoms with Crippen LogP contribution in [0.5, 0.6) is 0 Å². The van der Waals surface area contributed by atoms with Crippen LogP contribution in [-0.4, -0.2) is 10.1 Å². The normalized spacial score (nSPS) is 10.5. The van der Waals surface area contributed by atoms with Gasteiger partial charge in [0.1, 0.15) is 5.03 Å². The molecule has 2 nitrogen and oxygen atoms in total. The number of thioether (sulfide) groups is 1. The van der Waals surface area contributed by atoms with Gasteiger partial charge in [-0.05, 0) is 23.3 Å². The Hall–Kier alpha value is -1.03. The summed E-state index contributed by atoms with van der Waals surface area (Å²) in [5.41, 5.74) is 2.11. The molecule has 1 aromatic heterocycles. The Morgan fingerprint density at radius 2 is 1.82 bits per heavy atom. The summed E-state index contributed by atoms with van der Waals surface area (Å²) in [7, 11) is 0. The third-order valence-electron chi connectivity index (χ3n) is 2.31. The second kappa shape index (κ2) is 6.05. The van der Waals surface area contributed by atoms with E-state index in [1.165, 1.54) is 5.56 Å². The first kappa shape index (κ1) is 12.4. The van der Waals surface area contributed by atoms with E-state index in [2.05, 4.69) is 4.98 Å². The van der Waals surface area contributed by atoms with Gasteiger partial charge < -0.3 is 5.11 Å². The van der Waals surface area contributed by atoms with E-state index in [0.717, 1.165) is 16.3 Å². The van der Waals surface area contributed by atoms with Gasteiger partial charge in [-0.15, -0.1) is 11.8 Å². The molecule has 0 saturated heterocycles. The van der Waals surface area contributed by atoms with E-state index in [9.17, 15) is 0 Å². The zero-order chi connectivity index (χ0) is 12.1. The second-order valence-corrected chi connectivity index (χ2v) is 4.92. The smallest absolute Gasteiger partial charge is 0.115 e. The van der Waals surface area contributed by atoms with Crippen LogP contribution >= 0.6 is 23.4 Å². The van der Waals surface area contributed by atoms with Crippen LogP contribution in [0.25, 0.3) is 0 Å². The Labute approximate surface area is 110 Å². The quantitative estimate of drug-likeness (QED) is 0.859. The van der Waals surface area contributed by atoms with E-state index in [4.69, 9.17) is 16.7 Å². The van der Waals surface area contributed by atoms with Gasteiger partial charge in [0.15, 0.2) is 0 Å². The maximum atomic E-state index is 8.94.